The Labute approximate surface area is 61.8 Å². The second-order valence-corrected chi connectivity index (χ2v) is 3.51. The lowest BCUT2D eigenvalue weighted by Crippen LogP contribution is -2.39. The minimum Gasteiger partial charge on any atom is -0.393 e. The molecule has 58 valence electrons. The van der Waals surface area contributed by atoms with Crippen LogP contribution in [0, 0.1) is 0 Å². The van der Waals surface area contributed by atoms with Gasteiger partial charge in [0.25, 0.3) is 0 Å². The molecule has 0 aromatic rings. The molecule has 2 aliphatic rings. The average molecular weight is 141 g/mol. The molecule has 0 aromatic carbocycles. The van der Waals surface area contributed by atoms with Crippen LogP contribution in [-0.4, -0.2) is 35.2 Å². The van der Waals surface area contributed by atoms with Crippen LogP contribution in [0.5, 0.6) is 0 Å². The largest absolute Gasteiger partial charge is 0.393 e. The fraction of sp³-hybridized carbons (Fsp3) is 1.00. The second-order valence-electron chi connectivity index (χ2n) is 3.51. The summed E-state index contributed by atoms with van der Waals surface area (Å²) in [5.41, 5.74) is 0. The predicted molar refractivity (Wildman–Crippen MR) is 39.8 cm³/mol. The molecule has 1 N–H and O–H groups in total. The average Bonchev–Trinajstić information content (AvgIpc) is 2.33. The number of aliphatic hydroxyl groups is 1. The van der Waals surface area contributed by atoms with Crippen molar-refractivity contribution in [1.29, 1.82) is 0 Å². The minimum atomic E-state index is -0.000602. The summed E-state index contributed by atoms with van der Waals surface area (Å²) in [6.45, 7) is 2.41. The molecule has 0 aliphatic carbocycles. The highest BCUT2D eigenvalue weighted by molar-refractivity contribution is 4.85. The van der Waals surface area contributed by atoms with E-state index in [1.54, 1.807) is 0 Å². The van der Waals surface area contributed by atoms with Crippen LogP contribution in [0.25, 0.3) is 0 Å². The van der Waals surface area contributed by atoms with Crippen LogP contribution < -0.4 is 0 Å². The number of rotatable bonds is 0. The van der Waals surface area contributed by atoms with Crippen LogP contribution in [0.3, 0.4) is 0 Å². The Balaban J connectivity index is 1.96. The van der Waals surface area contributed by atoms with E-state index >= 15 is 0 Å². The Morgan fingerprint density at radius 3 is 3.00 bits per heavy atom. The molecule has 10 heavy (non-hydrogen) atoms. The van der Waals surface area contributed by atoms with Gasteiger partial charge in [-0.3, -0.25) is 0 Å². The van der Waals surface area contributed by atoms with E-state index in [4.69, 9.17) is 0 Å². The quantitative estimate of drug-likeness (QED) is 0.534. The summed E-state index contributed by atoms with van der Waals surface area (Å²) in [6, 6.07) is 0.726. The zero-order valence-electron chi connectivity index (χ0n) is 6.29. The van der Waals surface area contributed by atoms with Gasteiger partial charge in [0.1, 0.15) is 0 Å². The summed E-state index contributed by atoms with van der Waals surface area (Å²) in [7, 11) is 0. The SMILES string of the molecule is O[C@H]1CCN2CCC[C@@H]2C1. The Morgan fingerprint density at radius 2 is 2.10 bits per heavy atom. The standard InChI is InChI=1S/C8H15NO/c10-8-3-5-9-4-1-2-7(9)6-8/h7-8,10H,1-6H2/t7-,8+/m1/s1. The lowest BCUT2D eigenvalue weighted by Gasteiger charge is -2.32. The van der Waals surface area contributed by atoms with Crippen LogP contribution >= 0.6 is 0 Å². The number of nitrogens with zero attached hydrogens (tertiary/aromatic N) is 1. The first-order valence-electron chi connectivity index (χ1n) is 4.28. The van der Waals surface area contributed by atoms with Crippen molar-refractivity contribution < 1.29 is 5.11 Å². The van der Waals surface area contributed by atoms with Crippen LogP contribution in [0.4, 0.5) is 0 Å². The Hall–Kier alpha value is -0.0800. The Bertz CT molecular complexity index is 126. The molecule has 0 unspecified atom stereocenters. The van der Waals surface area contributed by atoms with E-state index < -0.39 is 0 Å². The highest BCUT2D eigenvalue weighted by Gasteiger charge is 2.30. The van der Waals surface area contributed by atoms with E-state index in [1.165, 1.54) is 19.4 Å². The lowest BCUT2D eigenvalue weighted by atomic mass is 10.0. The zero-order chi connectivity index (χ0) is 6.97. The van der Waals surface area contributed by atoms with Gasteiger partial charge in [-0.1, -0.05) is 0 Å². The van der Waals surface area contributed by atoms with Crippen molar-refractivity contribution in [3.05, 3.63) is 0 Å². The van der Waals surface area contributed by atoms with Crippen molar-refractivity contribution in [3.63, 3.8) is 0 Å². The highest BCUT2D eigenvalue weighted by Crippen LogP contribution is 2.26. The van der Waals surface area contributed by atoms with Gasteiger partial charge in [-0.15, -0.1) is 0 Å². The third kappa shape index (κ3) is 1.06. The van der Waals surface area contributed by atoms with Gasteiger partial charge in [-0.25, -0.2) is 0 Å². The van der Waals surface area contributed by atoms with E-state index in [-0.39, 0.29) is 6.10 Å². The maximum atomic E-state index is 9.33. The first kappa shape index (κ1) is 6.62. The first-order valence-corrected chi connectivity index (χ1v) is 4.28. The monoisotopic (exact) mass is 141 g/mol. The van der Waals surface area contributed by atoms with E-state index in [2.05, 4.69) is 4.90 Å². The molecule has 2 atom stereocenters. The van der Waals surface area contributed by atoms with Crippen molar-refractivity contribution in [2.24, 2.45) is 0 Å². The summed E-state index contributed by atoms with van der Waals surface area (Å²) in [4.78, 5) is 2.52. The third-order valence-electron chi connectivity index (χ3n) is 2.79. The summed E-state index contributed by atoms with van der Waals surface area (Å²) in [5, 5.41) is 9.33. The molecule has 0 spiro atoms. The van der Waals surface area contributed by atoms with Crippen molar-refractivity contribution >= 4 is 0 Å². The van der Waals surface area contributed by atoms with Crippen LogP contribution in [0.15, 0.2) is 0 Å². The van der Waals surface area contributed by atoms with Crippen molar-refractivity contribution in [2.45, 2.75) is 37.8 Å². The molecular weight excluding hydrogens is 126 g/mol. The molecule has 2 nitrogen and oxygen atoms in total. The summed E-state index contributed by atoms with van der Waals surface area (Å²) < 4.78 is 0. The summed E-state index contributed by atoms with van der Waals surface area (Å²) >= 11 is 0. The van der Waals surface area contributed by atoms with Crippen LogP contribution in [0.1, 0.15) is 25.7 Å². The number of hydrogen-bond acceptors (Lipinski definition) is 2. The number of aliphatic hydroxyl groups excluding tert-OH is 1. The van der Waals surface area contributed by atoms with Gasteiger partial charge in [0, 0.05) is 12.6 Å². The molecular formula is C8H15NO. The number of piperidine rings is 1. The predicted octanol–water partition coefficient (Wildman–Crippen LogP) is 0.606. The molecule has 2 saturated heterocycles. The van der Waals surface area contributed by atoms with Gasteiger partial charge in [0.2, 0.25) is 0 Å². The number of fused-ring (bicyclic) bond motifs is 1. The molecule has 0 bridgehead atoms. The van der Waals surface area contributed by atoms with Crippen molar-refractivity contribution in [1.82, 2.24) is 4.90 Å². The minimum absolute atomic E-state index is 0.000602. The van der Waals surface area contributed by atoms with Gasteiger partial charge in [-0.2, -0.15) is 0 Å². The van der Waals surface area contributed by atoms with E-state index in [0.29, 0.717) is 0 Å². The highest BCUT2D eigenvalue weighted by atomic mass is 16.3. The van der Waals surface area contributed by atoms with Crippen molar-refractivity contribution in [3.8, 4) is 0 Å². The van der Waals surface area contributed by atoms with Crippen molar-refractivity contribution in [2.75, 3.05) is 13.1 Å². The topological polar surface area (TPSA) is 23.5 Å². The smallest absolute Gasteiger partial charge is 0.0567 e. The molecule has 2 rings (SSSR count). The third-order valence-corrected chi connectivity index (χ3v) is 2.79. The van der Waals surface area contributed by atoms with Gasteiger partial charge in [0.05, 0.1) is 6.10 Å². The fourth-order valence-corrected chi connectivity index (χ4v) is 2.20. The first-order chi connectivity index (χ1) is 4.86. The summed E-state index contributed by atoms with van der Waals surface area (Å²) in [5.74, 6) is 0. The normalized spacial score (nSPS) is 41.7. The van der Waals surface area contributed by atoms with E-state index in [1.807, 2.05) is 0 Å². The van der Waals surface area contributed by atoms with Gasteiger partial charge in [0.15, 0.2) is 0 Å². The molecule has 2 fully saturated rings. The molecule has 2 heterocycles. The van der Waals surface area contributed by atoms with E-state index in [9.17, 15) is 5.11 Å². The molecule has 2 heteroatoms. The molecule has 2 aliphatic heterocycles. The van der Waals surface area contributed by atoms with Gasteiger partial charge >= 0.3 is 0 Å². The summed E-state index contributed by atoms with van der Waals surface area (Å²) in [6.07, 6.45) is 4.68. The van der Waals surface area contributed by atoms with E-state index in [0.717, 1.165) is 25.4 Å². The number of hydrogen-bond donors (Lipinski definition) is 1. The lowest BCUT2D eigenvalue weighted by molar-refractivity contribution is 0.0621. The maximum absolute atomic E-state index is 9.33. The zero-order valence-corrected chi connectivity index (χ0v) is 6.29. The molecule has 0 amide bonds. The molecule has 0 saturated carbocycles. The van der Waals surface area contributed by atoms with Gasteiger partial charge < -0.3 is 10.0 Å². The molecule has 0 aromatic heterocycles. The van der Waals surface area contributed by atoms with Crippen LogP contribution in [-0.2, 0) is 0 Å². The second kappa shape index (κ2) is 2.51. The Morgan fingerprint density at radius 1 is 1.20 bits per heavy atom. The Kier molecular flexibility index (Phi) is 1.66. The van der Waals surface area contributed by atoms with Gasteiger partial charge in [-0.05, 0) is 32.2 Å². The molecule has 0 radical (unpaired) electrons. The maximum Gasteiger partial charge on any atom is 0.0567 e. The van der Waals surface area contributed by atoms with Crippen LogP contribution in [0.2, 0.25) is 0 Å². The fourth-order valence-electron chi connectivity index (χ4n) is 2.20.